The van der Waals surface area contributed by atoms with E-state index in [1.165, 1.54) is 0 Å². The molecule has 0 bridgehead atoms. The van der Waals surface area contributed by atoms with Crippen LogP contribution in [0.2, 0.25) is 10.3 Å². The molecule has 0 aliphatic heterocycles. The second-order valence-corrected chi connectivity index (χ2v) is 9.19. The zero-order valence-electron chi connectivity index (χ0n) is 17.2. The average Bonchev–Trinajstić information content (AvgIpc) is 2.59. The lowest BCUT2D eigenvalue weighted by Crippen LogP contribution is -2.41. The zero-order chi connectivity index (χ0) is 22.5. The number of rotatable bonds is 6. The van der Waals surface area contributed by atoms with Crippen LogP contribution in [0.4, 0.5) is 13.6 Å². The number of pyridine rings is 1. The van der Waals surface area contributed by atoms with E-state index in [-0.39, 0.29) is 53.6 Å². The van der Waals surface area contributed by atoms with Crippen LogP contribution in [-0.2, 0) is 15.5 Å². The first-order valence-electron chi connectivity index (χ1n) is 9.84. The van der Waals surface area contributed by atoms with Crippen molar-refractivity contribution in [2.75, 3.05) is 6.54 Å². The topological polar surface area (TPSA) is 80.3 Å². The van der Waals surface area contributed by atoms with E-state index >= 15 is 0 Å². The van der Waals surface area contributed by atoms with Crippen molar-refractivity contribution in [1.29, 1.82) is 0 Å². The van der Waals surface area contributed by atoms with E-state index in [0.29, 0.717) is 12.8 Å². The number of hydrogen-bond acceptors (Lipinski definition) is 4. The summed E-state index contributed by atoms with van der Waals surface area (Å²) in [5.41, 5.74) is -0.854. The van der Waals surface area contributed by atoms with Crippen LogP contribution in [0.5, 0.6) is 0 Å². The minimum absolute atomic E-state index is 0.0712. The van der Waals surface area contributed by atoms with Gasteiger partial charge in [0.1, 0.15) is 15.9 Å². The zero-order valence-corrected chi connectivity index (χ0v) is 18.7. The highest BCUT2D eigenvalue weighted by molar-refractivity contribution is 6.32. The lowest BCUT2D eigenvalue weighted by molar-refractivity contribution is -0.122. The Morgan fingerprint density at radius 2 is 1.70 bits per heavy atom. The molecule has 2 N–H and O–H groups in total. The second kappa shape index (κ2) is 10.1. The maximum Gasteiger partial charge on any atom is 0.407 e. The summed E-state index contributed by atoms with van der Waals surface area (Å²) in [7, 11) is 0. The highest BCUT2D eigenvalue weighted by atomic mass is 35.5. The lowest BCUT2D eigenvalue weighted by atomic mass is 9.80. The summed E-state index contributed by atoms with van der Waals surface area (Å²) in [5.74, 6) is -4.19. The second-order valence-electron chi connectivity index (χ2n) is 8.42. The summed E-state index contributed by atoms with van der Waals surface area (Å²) in [6, 6.07) is 2.11. The normalized spacial score (nSPS) is 19.8. The van der Waals surface area contributed by atoms with E-state index in [9.17, 15) is 18.4 Å². The summed E-state index contributed by atoms with van der Waals surface area (Å²) in [5, 5.41) is 5.21. The highest BCUT2D eigenvalue weighted by Gasteiger charge is 2.43. The molecule has 30 heavy (non-hydrogen) atoms. The molecule has 0 saturated heterocycles. The molecule has 0 radical (unpaired) electrons. The lowest BCUT2D eigenvalue weighted by Gasteiger charge is -2.34. The van der Waals surface area contributed by atoms with Gasteiger partial charge in [0.25, 0.3) is 5.92 Å². The number of ether oxygens (including phenoxy) is 1. The molecular formula is C20H27Cl2F2N3O3. The van der Waals surface area contributed by atoms with Crippen LogP contribution >= 0.6 is 23.2 Å². The molecular weight excluding hydrogens is 439 g/mol. The van der Waals surface area contributed by atoms with Crippen LogP contribution in [0.1, 0.15) is 58.4 Å². The SMILES string of the molecule is CC(C)(C)OC(=O)NCCC(=O)NC1CCC(C(F)(F)c2cc(Cl)nc(Cl)c2)CC1. The molecule has 1 aromatic heterocycles. The predicted octanol–water partition coefficient (Wildman–Crippen LogP) is 5.07. The van der Waals surface area contributed by atoms with Gasteiger partial charge in [-0.2, -0.15) is 0 Å². The fourth-order valence-electron chi connectivity index (χ4n) is 3.39. The number of carbonyl (C=O) groups is 2. The highest BCUT2D eigenvalue weighted by Crippen LogP contribution is 2.44. The number of amides is 2. The minimum Gasteiger partial charge on any atom is -0.444 e. The molecule has 6 nitrogen and oxygen atoms in total. The Balaban J connectivity index is 1.77. The molecule has 2 rings (SSSR count). The van der Waals surface area contributed by atoms with Crippen molar-refractivity contribution in [3.05, 3.63) is 28.0 Å². The van der Waals surface area contributed by atoms with Crippen LogP contribution in [0.3, 0.4) is 0 Å². The van der Waals surface area contributed by atoms with Gasteiger partial charge in [0.2, 0.25) is 5.91 Å². The number of alkyl halides is 2. The van der Waals surface area contributed by atoms with Crippen molar-refractivity contribution < 1.29 is 23.1 Å². The van der Waals surface area contributed by atoms with Crippen LogP contribution in [0.15, 0.2) is 12.1 Å². The van der Waals surface area contributed by atoms with Gasteiger partial charge in [-0.25, -0.2) is 18.6 Å². The molecule has 1 aliphatic carbocycles. The van der Waals surface area contributed by atoms with E-state index in [1.54, 1.807) is 20.8 Å². The number of carbonyl (C=O) groups excluding carboxylic acids is 2. The van der Waals surface area contributed by atoms with E-state index in [0.717, 1.165) is 12.1 Å². The number of aromatic nitrogens is 1. The molecule has 1 aromatic rings. The largest absolute Gasteiger partial charge is 0.444 e. The van der Waals surface area contributed by atoms with Gasteiger partial charge in [-0.15, -0.1) is 0 Å². The first-order valence-corrected chi connectivity index (χ1v) is 10.6. The molecule has 0 atom stereocenters. The van der Waals surface area contributed by atoms with Gasteiger partial charge in [-0.1, -0.05) is 23.2 Å². The molecule has 0 spiro atoms. The maximum absolute atomic E-state index is 14.9. The van der Waals surface area contributed by atoms with Crippen molar-refractivity contribution in [2.45, 2.75) is 70.4 Å². The standard InChI is InChI=1S/C20H27Cl2F2N3O3/c1-19(2,3)30-18(29)25-9-8-17(28)26-14-6-4-12(5-7-14)20(23,24)13-10-15(21)27-16(22)11-13/h10-12,14H,4-9H2,1-3H3,(H,25,29)(H,26,28). The van der Waals surface area contributed by atoms with Crippen molar-refractivity contribution in [3.8, 4) is 0 Å². The summed E-state index contributed by atoms with van der Waals surface area (Å²) in [6.07, 6.45) is 0.894. The van der Waals surface area contributed by atoms with Gasteiger partial charge in [-0.05, 0) is 58.6 Å². The van der Waals surface area contributed by atoms with Crippen LogP contribution in [0, 0.1) is 5.92 Å². The third kappa shape index (κ3) is 7.54. The van der Waals surface area contributed by atoms with E-state index in [4.69, 9.17) is 27.9 Å². The minimum atomic E-state index is -3.08. The number of alkyl carbamates (subject to hydrolysis) is 1. The molecule has 1 aliphatic rings. The number of halogens is 4. The van der Waals surface area contributed by atoms with Gasteiger partial charge < -0.3 is 15.4 Å². The van der Waals surface area contributed by atoms with Crippen molar-refractivity contribution in [3.63, 3.8) is 0 Å². The smallest absolute Gasteiger partial charge is 0.407 e. The Kier molecular flexibility index (Phi) is 8.27. The molecule has 1 saturated carbocycles. The van der Waals surface area contributed by atoms with Gasteiger partial charge >= 0.3 is 6.09 Å². The number of nitrogens with one attached hydrogen (secondary N) is 2. The first kappa shape index (κ1) is 24.6. The predicted molar refractivity (Wildman–Crippen MR) is 111 cm³/mol. The van der Waals surface area contributed by atoms with Gasteiger partial charge in [0.05, 0.1) is 0 Å². The Bertz CT molecular complexity index is 744. The molecule has 168 valence electrons. The average molecular weight is 466 g/mol. The van der Waals surface area contributed by atoms with Gasteiger partial charge in [0.15, 0.2) is 0 Å². The van der Waals surface area contributed by atoms with E-state index in [1.807, 2.05) is 0 Å². The fourth-order valence-corrected chi connectivity index (χ4v) is 3.85. The Hall–Kier alpha value is -1.67. The third-order valence-electron chi connectivity index (χ3n) is 4.77. The Morgan fingerprint density at radius 1 is 1.13 bits per heavy atom. The van der Waals surface area contributed by atoms with Gasteiger partial charge in [-0.3, -0.25) is 4.79 Å². The number of hydrogen-bond donors (Lipinski definition) is 2. The van der Waals surface area contributed by atoms with Crippen LogP contribution in [0.25, 0.3) is 0 Å². The van der Waals surface area contributed by atoms with Crippen LogP contribution < -0.4 is 10.6 Å². The summed E-state index contributed by atoms with van der Waals surface area (Å²) in [6.45, 7) is 5.38. The van der Waals surface area contributed by atoms with E-state index in [2.05, 4.69) is 15.6 Å². The Morgan fingerprint density at radius 3 is 2.23 bits per heavy atom. The first-order chi connectivity index (χ1) is 13.9. The van der Waals surface area contributed by atoms with Crippen molar-refractivity contribution in [1.82, 2.24) is 15.6 Å². The van der Waals surface area contributed by atoms with Crippen molar-refractivity contribution in [2.24, 2.45) is 5.92 Å². The fraction of sp³-hybridized carbons (Fsp3) is 0.650. The van der Waals surface area contributed by atoms with E-state index < -0.39 is 23.5 Å². The third-order valence-corrected chi connectivity index (χ3v) is 5.16. The molecule has 0 unspecified atom stereocenters. The van der Waals surface area contributed by atoms with Crippen LogP contribution in [-0.4, -0.2) is 35.2 Å². The molecule has 1 fully saturated rings. The summed E-state index contributed by atoms with van der Waals surface area (Å²) >= 11 is 11.5. The number of nitrogens with zero attached hydrogens (tertiary/aromatic N) is 1. The van der Waals surface area contributed by atoms with Gasteiger partial charge in [0, 0.05) is 30.5 Å². The monoisotopic (exact) mass is 465 g/mol. The maximum atomic E-state index is 14.9. The molecule has 10 heteroatoms. The summed E-state index contributed by atoms with van der Waals surface area (Å²) in [4.78, 5) is 27.3. The molecule has 1 heterocycles. The molecule has 0 aromatic carbocycles. The summed E-state index contributed by atoms with van der Waals surface area (Å²) < 4.78 is 34.8. The van der Waals surface area contributed by atoms with Crippen molar-refractivity contribution >= 4 is 35.2 Å². The molecule has 2 amide bonds. The Labute approximate surface area is 185 Å². The quantitative estimate of drug-likeness (QED) is 0.574.